The first-order valence-electron chi connectivity index (χ1n) is 11.3. The van der Waals surface area contributed by atoms with Crippen LogP contribution in [0.4, 0.5) is 25.8 Å². The number of carbonyl (C=O) groups excluding carboxylic acids is 1. The van der Waals surface area contributed by atoms with E-state index in [2.05, 4.69) is 14.8 Å². The summed E-state index contributed by atoms with van der Waals surface area (Å²) in [5.41, 5.74) is -0.463. The van der Waals surface area contributed by atoms with Gasteiger partial charge in [0.2, 0.25) is 0 Å². The molecule has 0 fully saturated rings. The van der Waals surface area contributed by atoms with E-state index in [1.807, 2.05) is 0 Å². The summed E-state index contributed by atoms with van der Waals surface area (Å²) in [4.78, 5) is 12.2. The molecule has 0 aliphatic rings. The van der Waals surface area contributed by atoms with Gasteiger partial charge in [-0.15, -0.1) is 0 Å². The number of aromatic hydroxyl groups is 1. The minimum absolute atomic E-state index is 0.210. The number of carbonyl (C=O) groups is 1. The van der Waals surface area contributed by atoms with Crippen molar-refractivity contribution in [3.05, 3.63) is 102 Å². The SMILES string of the molecule is COc1ccc(NS(=O)(=O)c2ccc(O)c(NC(=O)c3ccccc3NS(=O)(=O)c3ccc(F)c(F)c3)c2)cc1. The molecule has 0 spiro atoms. The summed E-state index contributed by atoms with van der Waals surface area (Å²) >= 11 is 0. The molecule has 0 aromatic heterocycles. The first-order valence-corrected chi connectivity index (χ1v) is 14.2. The fourth-order valence-electron chi connectivity index (χ4n) is 3.46. The van der Waals surface area contributed by atoms with Crippen molar-refractivity contribution in [3.8, 4) is 11.5 Å². The van der Waals surface area contributed by atoms with E-state index in [0.717, 1.165) is 24.3 Å². The van der Waals surface area contributed by atoms with Crippen LogP contribution in [-0.2, 0) is 20.0 Å². The lowest BCUT2D eigenvalue weighted by Gasteiger charge is -2.14. The normalized spacial score (nSPS) is 11.5. The van der Waals surface area contributed by atoms with Crippen molar-refractivity contribution in [1.29, 1.82) is 0 Å². The molecule has 14 heteroatoms. The van der Waals surface area contributed by atoms with Crippen LogP contribution >= 0.6 is 0 Å². The average molecular weight is 590 g/mol. The molecule has 0 saturated carbocycles. The number of phenols is 1. The van der Waals surface area contributed by atoms with Crippen LogP contribution in [0, 0.1) is 11.6 Å². The molecule has 10 nitrogen and oxygen atoms in total. The second-order valence-corrected chi connectivity index (χ2v) is 11.6. The molecule has 0 aliphatic carbocycles. The highest BCUT2D eigenvalue weighted by Crippen LogP contribution is 2.29. The van der Waals surface area contributed by atoms with Gasteiger partial charge in [0.15, 0.2) is 11.6 Å². The van der Waals surface area contributed by atoms with Gasteiger partial charge in [0, 0.05) is 5.69 Å². The van der Waals surface area contributed by atoms with Crippen molar-refractivity contribution >= 4 is 43.0 Å². The third kappa shape index (κ3) is 6.30. The van der Waals surface area contributed by atoms with Gasteiger partial charge < -0.3 is 15.2 Å². The average Bonchev–Trinajstić information content (AvgIpc) is 2.91. The maximum Gasteiger partial charge on any atom is 0.262 e. The molecule has 40 heavy (non-hydrogen) atoms. The lowest BCUT2D eigenvalue weighted by molar-refractivity contribution is 0.102. The number of ether oxygens (including phenoxy) is 1. The second-order valence-electron chi connectivity index (χ2n) is 8.19. The van der Waals surface area contributed by atoms with Gasteiger partial charge in [-0.05, 0) is 72.8 Å². The van der Waals surface area contributed by atoms with Crippen molar-refractivity contribution in [2.45, 2.75) is 9.79 Å². The highest BCUT2D eigenvalue weighted by molar-refractivity contribution is 7.93. The van der Waals surface area contributed by atoms with Crippen molar-refractivity contribution in [3.63, 3.8) is 0 Å². The van der Waals surface area contributed by atoms with Crippen LogP contribution in [0.5, 0.6) is 11.5 Å². The zero-order valence-corrected chi connectivity index (χ0v) is 22.2. The summed E-state index contributed by atoms with van der Waals surface area (Å²) in [5, 5.41) is 12.6. The maximum absolute atomic E-state index is 13.6. The quantitative estimate of drug-likeness (QED) is 0.209. The number of sulfonamides is 2. The summed E-state index contributed by atoms with van der Waals surface area (Å²) in [7, 11) is -7.11. The highest BCUT2D eigenvalue weighted by atomic mass is 32.2. The first-order chi connectivity index (χ1) is 18.9. The molecule has 0 bridgehead atoms. The number of amides is 1. The minimum Gasteiger partial charge on any atom is -0.506 e. The molecule has 0 saturated heterocycles. The predicted octanol–water partition coefficient (Wildman–Crippen LogP) is 4.53. The van der Waals surface area contributed by atoms with Crippen molar-refractivity contribution in [2.24, 2.45) is 0 Å². The van der Waals surface area contributed by atoms with Gasteiger partial charge in [-0.1, -0.05) is 12.1 Å². The van der Waals surface area contributed by atoms with Gasteiger partial charge >= 0.3 is 0 Å². The molecule has 0 aliphatic heterocycles. The molecule has 4 N–H and O–H groups in total. The summed E-state index contributed by atoms with van der Waals surface area (Å²) < 4.78 is 87.7. The third-order valence-corrected chi connectivity index (χ3v) is 8.23. The van der Waals surface area contributed by atoms with Gasteiger partial charge in [0.05, 0.1) is 33.8 Å². The zero-order valence-electron chi connectivity index (χ0n) is 20.6. The van der Waals surface area contributed by atoms with Crippen LogP contribution in [0.2, 0.25) is 0 Å². The number of halogens is 2. The Morgan fingerprint density at radius 3 is 2.05 bits per heavy atom. The Hall–Kier alpha value is -4.69. The molecule has 4 aromatic rings. The molecule has 1 amide bonds. The predicted molar refractivity (Wildman–Crippen MR) is 143 cm³/mol. The summed E-state index contributed by atoms with van der Waals surface area (Å²) in [6, 6.07) is 16.7. The second kappa shape index (κ2) is 11.2. The van der Waals surface area contributed by atoms with E-state index in [4.69, 9.17) is 4.74 Å². The maximum atomic E-state index is 13.6. The Labute approximate surface area is 228 Å². The van der Waals surface area contributed by atoms with Gasteiger partial charge in [-0.2, -0.15) is 0 Å². The Bertz CT molecular complexity index is 1800. The van der Waals surface area contributed by atoms with E-state index in [0.29, 0.717) is 17.9 Å². The first kappa shape index (κ1) is 28.3. The third-order valence-electron chi connectivity index (χ3n) is 5.49. The molecular formula is C26H21F2N3O7S2. The Morgan fingerprint density at radius 1 is 0.750 bits per heavy atom. The lowest BCUT2D eigenvalue weighted by atomic mass is 10.1. The Morgan fingerprint density at radius 2 is 1.38 bits per heavy atom. The minimum atomic E-state index is -4.43. The molecule has 0 heterocycles. The number of anilines is 3. The summed E-state index contributed by atoms with van der Waals surface area (Å²) in [5.74, 6) is -3.46. The molecule has 4 aromatic carbocycles. The van der Waals surface area contributed by atoms with Gasteiger partial charge in [-0.25, -0.2) is 25.6 Å². The van der Waals surface area contributed by atoms with E-state index in [1.54, 1.807) is 12.1 Å². The van der Waals surface area contributed by atoms with E-state index in [-0.39, 0.29) is 27.5 Å². The fourth-order valence-corrected chi connectivity index (χ4v) is 5.64. The molecule has 0 unspecified atom stereocenters. The van der Waals surface area contributed by atoms with E-state index in [1.165, 1.54) is 43.5 Å². The molecular weight excluding hydrogens is 568 g/mol. The van der Waals surface area contributed by atoms with E-state index < -0.39 is 48.2 Å². The van der Waals surface area contributed by atoms with E-state index >= 15 is 0 Å². The van der Waals surface area contributed by atoms with Crippen molar-refractivity contribution in [1.82, 2.24) is 0 Å². The Kier molecular flexibility index (Phi) is 7.93. The number of hydrogen-bond acceptors (Lipinski definition) is 7. The van der Waals surface area contributed by atoms with Crippen LogP contribution in [0.25, 0.3) is 0 Å². The standard InChI is InChI=1S/C26H21F2N3O7S2/c1-38-17-8-6-16(7-9-17)30-39(34,35)19-11-13-25(32)24(15-19)29-26(33)20-4-2-3-5-23(20)31-40(36,37)18-10-12-21(27)22(28)14-18/h2-15,30-32H,1H3,(H,29,33). The zero-order chi connectivity index (χ0) is 29.1. The molecule has 208 valence electrons. The lowest BCUT2D eigenvalue weighted by Crippen LogP contribution is -2.19. The molecule has 0 atom stereocenters. The van der Waals surface area contributed by atoms with Gasteiger partial charge in [-0.3, -0.25) is 14.2 Å². The topological polar surface area (TPSA) is 151 Å². The molecule has 4 rings (SSSR count). The van der Waals surface area contributed by atoms with Crippen molar-refractivity contribution < 1.29 is 40.3 Å². The number of nitrogens with one attached hydrogen (secondary N) is 3. The van der Waals surface area contributed by atoms with Crippen molar-refractivity contribution in [2.75, 3.05) is 21.9 Å². The van der Waals surface area contributed by atoms with Crippen LogP contribution in [0.15, 0.2) is 94.7 Å². The number of hydrogen-bond donors (Lipinski definition) is 4. The number of benzene rings is 4. The van der Waals surface area contributed by atoms with Crippen LogP contribution in [0.1, 0.15) is 10.4 Å². The number of rotatable bonds is 9. The molecule has 0 radical (unpaired) electrons. The number of methoxy groups -OCH3 is 1. The van der Waals surface area contributed by atoms with Gasteiger partial charge in [0.1, 0.15) is 11.5 Å². The summed E-state index contributed by atoms with van der Waals surface area (Å²) in [6.07, 6.45) is 0. The van der Waals surface area contributed by atoms with Gasteiger partial charge in [0.25, 0.3) is 26.0 Å². The fraction of sp³-hybridized carbons (Fsp3) is 0.0385. The smallest absolute Gasteiger partial charge is 0.262 e. The highest BCUT2D eigenvalue weighted by Gasteiger charge is 2.22. The van der Waals surface area contributed by atoms with Crippen LogP contribution < -0.4 is 19.5 Å². The van der Waals surface area contributed by atoms with Crippen LogP contribution in [-0.4, -0.2) is 35.0 Å². The number of para-hydroxylation sites is 1. The summed E-state index contributed by atoms with van der Waals surface area (Å²) in [6.45, 7) is 0. The number of phenolic OH excluding ortho intramolecular Hbond substituents is 1. The monoisotopic (exact) mass is 589 g/mol. The van der Waals surface area contributed by atoms with Crippen LogP contribution in [0.3, 0.4) is 0 Å². The van der Waals surface area contributed by atoms with E-state index in [9.17, 15) is 35.5 Å². The Balaban J connectivity index is 1.58. The largest absolute Gasteiger partial charge is 0.506 e.